The van der Waals surface area contributed by atoms with Gasteiger partial charge in [0.05, 0.1) is 5.75 Å². The number of hydrogen-bond donors (Lipinski definition) is 2. The summed E-state index contributed by atoms with van der Waals surface area (Å²) in [6.07, 6.45) is 7.69. The van der Waals surface area contributed by atoms with Crippen LogP contribution >= 0.6 is 12.6 Å². The minimum absolute atomic E-state index is 0.0999. The normalized spacial score (nSPS) is 51.6. The molecule has 4 bridgehead atoms. The third-order valence-corrected chi connectivity index (χ3v) is 5.46. The van der Waals surface area contributed by atoms with E-state index in [1.807, 2.05) is 0 Å². The van der Waals surface area contributed by atoms with Crippen molar-refractivity contribution >= 4 is 18.5 Å². The molecule has 3 heteroatoms. The molecule has 0 saturated heterocycles. The van der Waals surface area contributed by atoms with Crippen LogP contribution in [0.3, 0.4) is 0 Å². The van der Waals surface area contributed by atoms with E-state index in [2.05, 4.69) is 31.8 Å². The largest absolute Gasteiger partial charge is 0.350 e. The van der Waals surface area contributed by atoms with Gasteiger partial charge >= 0.3 is 0 Å². The van der Waals surface area contributed by atoms with E-state index in [4.69, 9.17) is 0 Å². The molecule has 1 N–H and O–H groups in total. The maximum absolute atomic E-state index is 11.7. The summed E-state index contributed by atoms with van der Waals surface area (Å²) >= 11 is 4.10. The standard InChI is InChI=1S/C14H23NOS/c1-12-3-10-4-13(2,7-12)9-14(5-10,8-12)15-11(16)6-17/h10,17H,3-9H2,1-2H3,(H,15,16). The van der Waals surface area contributed by atoms with Crippen molar-refractivity contribution in [3.8, 4) is 0 Å². The van der Waals surface area contributed by atoms with Crippen LogP contribution in [0, 0.1) is 16.7 Å². The molecule has 4 aliphatic carbocycles. The van der Waals surface area contributed by atoms with Crippen molar-refractivity contribution in [2.45, 2.75) is 57.9 Å². The van der Waals surface area contributed by atoms with Crippen molar-refractivity contribution < 1.29 is 4.79 Å². The number of hydrogen-bond acceptors (Lipinski definition) is 2. The first-order chi connectivity index (χ1) is 7.86. The lowest BCUT2D eigenvalue weighted by molar-refractivity contribution is -0.137. The van der Waals surface area contributed by atoms with E-state index in [0.29, 0.717) is 16.6 Å². The predicted molar refractivity (Wildman–Crippen MR) is 72.1 cm³/mol. The summed E-state index contributed by atoms with van der Waals surface area (Å²) < 4.78 is 0. The minimum atomic E-state index is 0.0999. The molecule has 0 spiro atoms. The average molecular weight is 253 g/mol. The average Bonchev–Trinajstić information content (AvgIpc) is 2.10. The lowest BCUT2D eigenvalue weighted by atomic mass is 9.43. The molecule has 2 unspecified atom stereocenters. The molecule has 0 aromatic carbocycles. The summed E-state index contributed by atoms with van der Waals surface area (Å²) in [5.41, 5.74) is 1.04. The molecule has 96 valence electrons. The van der Waals surface area contributed by atoms with Crippen molar-refractivity contribution in [2.24, 2.45) is 16.7 Å². The van der Waals surface area contributed by atoms with Crippen molar-refractivity contribution in [1.29, 1.82) is 0 Å². The van der Waals surface area contributed by atoms with E-state index in [1.165, 1.54) is 38.5 Å². The van der Waals surface area contributed by atoms with Crippen molar-refractivity contribution in [3.63, 3.8) is 0 Å². The monoisotopic (exact) mass is 253 g/mol. The zero-order valence-corrected chi connectivity index (χ0v) is 11.8. The van der Waals surface area contributed by atoms with Crippen LogP contribution < -0.4 is 5.32 Å². The molecule has 0 heterocycles. The third kappa shape index (κ3) is 1.91. The molecule has 2 nitrogen and oxygen atoms in total. The number of carbonyl (C=O) groups is 1. The van der Waals surface area contributed by atoms with Gasteiger partial charge in [-0.1, -0.05) is 13.8 Å². The maximum Gasteiger partial charge on any atom is 0.230 e. The van der Waals surface area contributed by atoms with Crippen LogP contribution in [0.5, 0.6) is 0 Å². The Kier molecular flexibility index (Phi) is 2.40. The van der Waals surface area contributed by atoms with Crippen LogP contribution in [0.15, 0.2) is 0 Å². The van der Waals surface area contributed by atoms with Crippen molar-refractivity contribution in [2.75, 3.05) is 5.75 Å². The molecular formula is C14H23NOS. The summed E-state index contributed by atoms with van der Waals surface area (Å²) in [5.74, 6) is 1.27. The second-order valence-corrected chi connectivity index (χ2v) is 7.93. The summed E-state index contributed by atoms with van der Waals surface area (Å²) in [7, 11) is 0. The van der Waals surface area contributed by atoms with Crippen molar-refractivity contribution in [1.82, 2.24) is 5.32 Å². The number of nitrogens with one attached hydrogen (secondary N) is 1. The van der Waals surface area contributed by atoms with Gasteiger partial charge in [-0.15, -0.1) is 0 Å². The first-order valence-electron chi connectivity index (χ1n) is 6.78. The van der Waals surface area contributed by atoms with Gasteiger partial charge in [0.25, 0.3) is 0 Å². The van der Waals surface area contributed by atoms with Gasteiger partial charge in [0, 0.05) is 5.54 Å². The highest BCUT2D eigenvalue weighted by Gasteiger charge is 2.60. The van der Waals surface area contributed by atoms with Gasteiger partial charge in [0.15, 0.2) is 0 Å². The van der Waals surface area contributed by atoms with Gasteiger partial charge in [-0.2, -0.15) is 12.6 Å². The van der Waals surface area contributed by atoms with Gasteiger partial charge < -0.3 is 5.32 Å². The van der Waals surface area contributed by atoms with Crippen LogP contribution in [0.2, 0.25) is 0 Å². The first kappa shape index (κ1) is 11.9. The smallest absolute Gasteiger partial charge is 0.230 e. The molecule has 0 aromatic heterocycles. The van der Waals surface area contributed by atoms with Crippen LogP contribution in [-0.2, 0) is 4.79 Å². The number of rotatable bonds is 2. The van der Waals surface area contributed by atoms with E-state index < -0.39 is 0 Å². The number of amides is 1. The molecule has 4 rings (SSSR count). The molecule has 0 aliphatic heterocycles. The van der Waals surface area contributed by atoms with Crippen molar-refractivity contribution in [3.05, 3.63) is 0 Å². The summed E-state index contributed by atoms with van der Waals surface area (Å²) in [4.78, 5) is 11.7. The van der Waals surface area contributed by atoms with Gasteiger partial charge in [0.2, 0.25) is 5.91 Å². The fourth-order valence-electron chi connectivity index (χ4n) is 5.92. The summed E-state index contributed by atoms with van der Waals surface area (Å²) in [6.45, 7) is 4.86. The van der Waals surface area contributed by atoms with Gasteiger partial charge in [0.1, 0.15) is 0 Å². The number of thiol groups is 1. The second-order valence-electron chi connectivity index (χ2n) is 7.62. The van der Waals surface area contributed by atoms with Gasteiger partial charge in [-0.3, -0.25) is 4.79 Å². The molecule has 0 radical (unpaired) electrons. The SMILES string of the molecule is CC12CC3CC(C)(C1)CC(NC(=O)CS)(C3)C2. The summed E-state index contributed by atoms with van der Waals surface area (Å²) in [6, 6.07) is 0. The Balaban J connectivity index is 1.89. The molecular weight excluding hydrogens is 230 g/mol. The Labute approximate surface area is 109 Å². The molecule has 1 amide bonds. The molecule has 0 aromatic rings. The maximum atomic E-state index is 11.7. The van der Waals surface area contributed by atoms with E-state index in [1.54, 1.807) is 0 Å². The quantitative estimate of drug-likeness (QED) is 0.728. The first-order valence-corrected chi connectivity index (χ1v) is 7.41. The molecule has 4 saturated carbocycles. The molecule has 2 atom stereocenters. The van der Waals surface area contributed by atoms with Gasteiger partial charge in [-0.25, -0.2) is 0 Å². The Morgan fingerprint density at radius 3 is 2.24 bits per heavy atom. The van der Waals surface area contributed by atoms with E-state index in [0.717, 1.165) is 5.92 Å². The topological polar surface area (TPSA) is 29.1 Å². The fourth-order valence-corrected chi connectivity index (χ4v) is 6.00. The van der Waals surface area contributed by atoms with Crippen LogP contribution in [0.1, 0.15) is 52.4 Å². The van der Waals surface area contributed by atoms with Gasteiger partial charge in [-0.05, 0) is 55.3 Å². The van der Waals surface area contributed by atoms with E-state index in [-0.39, 0.29) is 11.4 Å². The number of carbonyl (C=O) groups excluding carboxylic acids is 1. The molecule has 4 aliphatic rings. The zero-order chi connectivity index (χ0) is 12.3. The molecule has 4 fully saturated rings. The Morgan fingerprint density at radius 2 is 1.76 bits per heavy atom. The lowest BCUT2D eigenvalue weighted by Gasteiger charge is -2.65. The highest BCUT2D eigenvalue weighted by molar-refractivity contribution is 7.81. The minimum Gasteiger partial charge on any atom is -0.350 e. The van der Waals surface area contributed by atoms with Crippen LogP contribution in [0.25, 0.3) is 0 Å². The second kappa shape index (κ2) is 3.43. The highest BCUT2D eigenvalue weighted by atomic mass is 32.1. The Morgan fingerprint density at radius 1 is 1.18 bits per heavy atom. The zero-order valence-electron chi connectivity index (χ0n) is 10.9. The molecule has 17 heavy (non-hydrogen) atoms. The Bertz CT molecular complexity index is 349. The summed E-state index contributed by atoms with van der Waals surface area (Å²) in [5, 5.41) is 3.31. The lowest BCUT2D eigenvalue weighted by Crippen LogP contribution is -2.65. The fraction of sp³-hybridized carbons (Fsp3) is 0.929. The Hall–Kier alpha value is -0.180. The van der Waals surface area contributed by atoms with E-state index >= 15 is 0 Å². The third-order valence-electron chi connectivity index (χ3n) is 5.17. The van der Waals surface area contributed by atoms with Crippen LogP contribution in [0.4, 0.5) is 0 Å². The van der Waals surface area contributed by atoms with E-state index in [9.17, 15) is 4.79 Å². The highest BCUT2D eigenvalue weighted by Crippen LogP contribution is 2.66. The predicted octanol–water partition coefficient (Wildman–Crippen LogP) is 2.78. The van der Waals surface area contributed by atoms with Crippen LogP contribution in [-0.4, -0.2) is 17.2 Å².